The molecule has 9 nitrogen and oxygen atoms in total. The number of pyridine rings is 1. The third-order valence-corrected chi connectivity index (χ3v) is 9.48. The molecule has 2 fully saturated rings. The Morgan fingerprint density at radius 3 is 2.48 bits per heavy atom. The smallest absolute Gasteiger partial charge is 0.250 e. The van der Waals surface area contributed by atoms with Gasteiger partial charge in [-0.15, -0.1) is 0 Å². The zero-order chi connectivity index (χ0) is 28.5. The van der Waals surface area contributed by atoms with Crippen molar-refractivity contribution in [3.05, 3.63) is 60.3 Å². The summed E-state index contributed by atoms with van der Waals surface area (Å²) in [7, 11) is 3.38. The summed E-state index contributed by atoms with van der Waals surface area (Å²) in [5, 5.41) is 9.55. The van der Waals surface area contributed by atoms with Crippen molar-refractivity contribution in [3.8, 4) is 0 Å². The number of rotatable bonds is 9. The van der Waals surface area contributed by atoms with Gasteiger partial charge in [-0.25, -0.2) is 4.98 Å². The first kappa shape index (κ1) is 29.9. The van der Waals surface area contributed by atoms with Crippen LogP contribution in [0.15, 0.2) is 59.8 Å². The molecule has 0 spiro atoms. The highest BCUT2D eigenvalue weighted by atomic mass is 33.1. The number of carbonyl (C=O) groups excluding carboxylic acids is 4. The summed E-state index contributed by atoms with van der Waals surface area (Å²) >= 11 is 0. The highest BCUT2D eigenvalue weighted by Crippen LogP contribution is 2.30. The zero-order valence-corrected chi connectivity index (χ0v) is 24.6. The fraction of sp³-hybridized carbons (Fsp3) is 0.483. The van der Waals surface area contributed by atoms with Crippen molar-refractivity contribution in [2.75, 3.05) is 12.3 Å². The summed E-state index contributed by atoms with van der Waals surface area (Å²) in [6.07, 6.45) is 6.01. The molecule has 1 aromatic carbocycles. The molecule has 2 aliphatic heterocycles. The lowest BCUT2D eigenvalue weighted by Gasteiger charge is -2.34. The van der Waals surface area contributed by atoms with E-state index in [1.807, 2.05) is 24.3 Å². The number of nitrogens with one attached hydrogen (secondary N) is 3. The van der Waals surface area contributed by atoms with Crippen LogP contribution in [0.4, 0.5) is 0 Å². The third-order valence-electron chi connectivity index (χ3n) is 7.13. The van der Waals surface area contributed by atoms with E-state index in [1.54, 1.807) is 70.8 Å². The van der Waals surface area contributed by atoms with Crippen LogP contribution in [0.3, 0.4) is 0 Å². The Morgan fingerprint density at radius 1 is 0.950 bits per heavy atom. The molecule has 2 aliphatic rings. The number of nitrogens with zero attached hydrogens (tertiary/aromatic N) is 2. The van der Waals surface area contributed by atoms with E-state index < -0.39 is 35.5 Å². The molecule has 40 heavy (non-hydrogen) atoms. The molecule has 0 bridgehead atoms. The van der Waals surface area contributed by atoms with Gasteiger partial charge in [0.1, 0.15) is 28.7 Å². The van der Waals surface area contributed by atoms with Gasteiger partial charge in [-0.3, -0.25) is 19.2 Å². The molecule has 1 aromatic heterocycles. The van der Waals surface area contributed by atoms with Crippen LogP contribution in [-0.2, 0) is 19.2 Å². The molecule has 214 valence electrons. The maximum Gasteiger partial charge on any atom is 0.250 e. The molecule has 3 heterocycles. The quantitative estimate of drug-likeness (QED) is 0.305. The van der Waals surface area contributed by atoms with E-state index in [0.717, 1.165) is 30.0 Å². The number of carbonyl (C=O) groups is 4. The molecule has 0 saturated carbocycles. The molecular weight excluding hydrogens is 546 g/mol. The first-order valence-electron chi connectivity index (χ1n) is 13.8. The Kier molecular flexibility index (Phi) is 10.5. The second kappa shape index (κ2) is 14.0. The summed E-state index contributed by atoms with van der Waals surface area (Å²) in [4.78, 5) is 59.7. The number of unbranched alkanes of at least 4 members (excludes halogenated alkanes) is 2. The van der Waals surface area contributed by atoms with Crippen LogP contribution in [0.5, 0.6) is 0 Å². The minimum atomic E-state index is -1.30. The van der Waals surface area contributed by atoms with Crippen molar-refractivity contribution in [2.45, 2.75) is 81.1 Å². The van der Waals surface area contributed by atoms with Gasteiger partial charge in [-0.1, -0.05) is 60.0 Å². The lowest BCUT2D eigenvalue weighted by Crippen LogP contribution is -2.62. The van der Waals surface area contributed by atoms with Crippen LogP contribution in [0.1, 0.15) is 64.0 Å². The van der Waals surface area contributed by atoms with Crippen LogP contribution >= 0.6 is 21.6 Å². The minimum absolute atomic E-state index is 0.322. The van der Waals surface area contributed by atoms with E-state index in [-0.39, 0.29) is 11.8 Å². The largest absolute Gasteiger partial charge is 0.343 e. The average Bonchev–Trinajstić information content (AvgIpc) is 3.45. The van der Waals surface area contributed by atoms with Crippen molar-refractivity contribution in [2.24, 2.45) is 0 Å². The lowest BCUT2D eigenvalue weighted by molar-refractivity contribution is -0.144. The number of hydrogen-bond acceptors (Lipinski definition) is 7. The van der Waals surface area contributed by atoms with Gasteiger partial charge in [-0.05, 0) is 68.0 Å². The van der Waals surface area contributed by atoms with E-state index in [2.05, 4.69) is 20.9 Å². The Morgan fingerprint density at radius 2 is 1.73 bits per heavy atom. The predicted molar refractivity (Wildman–Crippen MR) is 157 cm³/mol. The number of hydrogen-bond donors (Lipinski definition) is 3. The van der Waals surface area contributed by atoms with E-state index in [4.69, 9.17) is 0 Å². The summed E-state index contributed by atoms with van der Waals surface area (Å²) in [6.45, 7) is 3.63. The summed E-state index contributed by atoms with van der Waals surface area (Å²) in [6, 6.07) is 12.4. The van der Waals surface area contributed by atoms with E-state index in [1.165, 1.54) is 0 Å². The van der Waals surface area contributed by atoms with Crippen molar-refractivity contribution < 1.29 is 19.2 Å². The normalized spacial score (nSPS) is 23.4. The number of benzene rings is 1. The van der Waals surface area contributed by atoms with Gasteiger partial charge in [0.15, 0.2) is 0 Å². The molecule has 0 aliphatic carbocycles. The Hall–Kier alpha value is -3.05. The monoisotopic (exact) mass is 583 g/mol. The van der Waals surface area contributed by atoms with Gasteiger partial charge in [0, 0.05) is 18.5 Å². The summed E-state index contributed by atoms with van der Waals surface area (Å²) in [5.41, 5.74) is -0.670. The molecule has 3 N–H and O–H groups in total. The molecule has 3 atom stereocenters. The molecule has 4 amide bonds. The maximum absolute atomic E-state index is 13.7. The Labute approximate surface area is 243 Å². The highest BCUT2D eigenvalue weighted by molar-refractivity contribution is 8.76. The van der Waals surface area contributed by atoms with Gasteiger partial charge in [0.05, 0.1) is 0 Å². The Balaban J connectivity index is 1.41. The second-order valence-electron chi connectivity index (χ2n) is 10.6. The second-order valence-corrected chi connectivity index (χ2v) is 13.0. The lowest BCUT2D eigenvalue weighted by atomic mass is 9.98. The molecule has 4 rings (SSSR count). The fourth-order valence-corrected chi connectivity index (χ4v) is 6.91. The third kappa shape index (κ3) is 7.78. The molecular formula is C29H37N5O4S2. The highest BCUT2D eigenvalue weighted by Gasteiger charge is 2.42. The minimum Gasteiger partial charge on any atom is -0.343 e. The van der Waals surface area contributed by atoms with Crippen molar-refractivity contribution in [3.63, 3.8) is 0 Å². The van der Waals surface area contributed by atoms with Crippen molar-refractivity contribution in [1.29, 1.82) is 0 Å². The van der Waals surface area contributed by atoms with Crippen LogP contribution in [0.25, 0.3) is 0 Å². The molecule has 0 radical (unpaired) electrons. The maximum atomic E-state index is 13.7. The predicted octanol–water partition coefficient (Wildman–Crippen LogP) is 3.62. The van der Waals surface area contributed by atoms with Crippen LogP contribution < -0.4 is 16.0 Å². The molecule has 11 heteroatoms. The zero-order valence-electron chi connectivity index (χ0n) is 22.9. The van der Waals surface area contributed by atoms with Crippen LogP contribution in [0, 0.1) is 0 Å². The SMILES string of the molecule is CC1(C)NC(=O)[C@H](CCCCCSSc2ccccn2)NC(=O)[C@H]2CCCN2C(=O)[C@H](c2ccccc2)NC1=O. The van der Waals surface area contributed by atoms with Gasteiger partial charge < -0.3 is 20.9 Å². The Bertz CT molecular complexity index is 1180. The number of aromatic nitrogens is 1. The number of amides is 4. The summed E-state index contributed by atoms with van der Waals surface area (Å²) < 4.78 is 0. The van der Waals surface area contributed by atoms with Crippen molar-refractivity contribution >= 4 is 45.2 Å². The molecule has 0 unspecified atom stereocenters. The standard InChI is InChI=1S/C29H37N5O4S2/c1-29(2)28(38)32-24(20-12-5-3-6-13-20)27(37)34-18-11-15-22(34)26(36)31-21(25(35)33-29)14-7-4-10-19-39-40-23-16-8-9-17-30-23/h3,5-6,8-9,12-13,16-17,21-22,24H,4,7,10-11,14-15,18-19H2,1-2H3,(H,31,36)(H,32,38)(H,33,35)/t21-,22+,24-/m0/s1. The van der Waals surface area contributed by atoms with Crippen LogP contribution in [-0.4, -0.2) is 63.4 Å². The topological polar surface area (TPSA) is 120 Å². The van der Waals surface area contributed by atoms with Gasteiger partial charge in [0.2, 0.25) is 23.6 Å². The van der Waals surface area contributed by atoms with Crippen LogP contribution in [0.2, 0.25) is 0 Å². The first-order chi connectivity index (χ1) is 19.3. The fourth-order valence-electron chi connectivity index (χ4n) is 4.89. The van der Waals surface area contributed by atoms with Gasteiger partial charge in [0.25, 0.3) is 0 Å². The summed E-state index contributed by atoms with van der Waals surface area (Å²) in [5.74, 6) is -0.574. The van der Waals surface area contributed by atoms with Gasteiger partial charge in [-0.2, -0.15) is 0 Å². The van der Waals surface area contributed by atoms with E-state index >= 15 is 0 Å². The van der Waals surface area contributed by atoms with E-state index in [0.29, 0.717) is 31.4 Å². The average molecular weight is 584 g/mol. The number of fused-ring (bicyclic) bond motifs is 1. The van der Waals surface area contributed by atoms with Gasteiger partial charge >= 0.3 is 0 Å². The molecule has 2 aromatic rings. The first-order valence-corrected chi connectivity index (χ1v) is 16.1. The van der Waals surface area contributed by atoms with E-state index in [9.17, 15) is 19.2 Å². The molecule has 2 saturated heterocycles. The van der Waals surface area contributed by atoms with Crippen molar-refractivity contribution in [1.82, 2.24) is 25.8 Å².